The van der Waals surface area contributed by atoms with Gasteiger partial charge in [-0.25, -0.2) is 0 Å². The Hall–Kier alpha value is -1.01. The molecule has 196 valence electrons. The summed E-state index contributed by atoms with van der Waals surface area (Å²) in [4.78, 5) is 0. The summed E-state index contributed by atoms with van der Waals surface area (Å²) in [6.07, 6.45) is 17.8. The standard InChI is InChI=1S/2C14H15.C6H10.2ClH.Zr/c2*1-2-6-11(5-1)14-10-9-12-7-3-4-8-13(12)14;1-2-4-6-5-3-1;;;/h2*3-4,7-11H,1-2,5-6H2;1-5H2;2*1H;/q2*-1;;;;+2/p-2. The summed E-state index contributed by atoms with van der Waals surface area (Å²) < 4.78 is 1.53. The molecular weight excluding hydrogens is 571 g/mol. The van der Waals surface area contributed by atoms with Gasteiger partial charge < -0.3 is 0 Å². The van der Waals surface area contributed by atoms with Crippen LogP contribution in [0.5, 0.6) is 0 Å². The van der Waals surface area contributed by atoms with E-state index in [0.29, 0.717) is 0 Å². The number of halogens is 2. The maximum absolute atomic E-state index is 5.88. The van der Waals surface area contributed by atoms with Gasteiger partial charge in [-0.3, -0.25) is 0 Å². The molecule has 7 rings (SSSR count). The largest absolute Gasteiger partial charge is 0.150 e. The van der Waals surface area contributed by atoms with Crippen LogP contribution in [0.1, 0.15) is 106 Å². The summed E-state index contributed by atoms with van der Waals surface area (Å²) in [6, 6.07) is 26.7. The monoisotopic (exact) mass is 608 g/mol. The minimum absolute atomic E-state index is 0.842. The molecule has 0 nitrogen and oxygen atoms in total. The molecule has 4 aromatic carbocycles. The summed E-state index contributed by atoms with van der Waals surface area (Å²) in [5, 5.41) is 5.79. The fourth-order valence-corrected chi connectivity index (χ4v) is 10.7. The van der Waals surface area contributed by atoms with E-state index in [2.05, 4.69) is 72.8 Å². The average Bonchev–Trinajstić information content (AvgIpc) is 3.75. The van der Waals surface area contributed by atoms with Crippen molar-refractivity contribution >= 4 is 41.8 Å². The molecule has 0 unspecified atom stereocenters. The Morgan fingerprint density at radius 2 is 1.00 bits per heavy atom. The SMILES string of the molecule is [Cl][Zr]([Cl])=[C]1CCCCC1.c1ccc2c(C3CCCC3)c[cH-]c2c1.c1ccc2c(C3CCCC3)c[cH-]c2c1. The molecule has 3 aliphatic carbocycles. The molecule has 0 bridgehead atoms. The van der Waals surface area contributed by atoms with Crippen LogP contribution in [0, 0.1) is 0 Å². The van der Waals surface area contributed by atoms with Gasteiger partial charge in [0.25, 0.3) is 0 Å². The van der Waals surface area contributed by atoms with Crippen molar-refractivity contribution in [1.82, 2.24) is 0 Å². The molecule has 0 radical (unpaired) electrons. The molecule has 37 heavy (non-hydrogen) atoms. The molecule has 0 heterocycles. The molecule has 0 spiro atoms. The van der Waals surface area contributed by atoms with Crippen LogP contribution in [0.15, 0.2) is 72.8 Å². The fraction of sp³-hybridized carbons (Fsp3) is 0.441. The van der Waals surface area contributed by atoms with Crippen molar-refractivity contribution in [1.29, 1.82) is 0 Å². The summed E-state index contributed by atoms with van der Waals surface area (Å²) in [6.45, 7) is 0. The molecule has 0 amide bonds. The molecular formula is C34H40Cl2Zr-2. The molecule has 0 saturated heterocycles. The second-order valence-electron chi connectivity index (χ2n) is 11.1. The van der Waals surface area contributed by atoms with E-state index in [1.807, 2.05) is 0 Å². The summed E-state index contributed by atoms with van der Waals surface area (Å²) in [7, 11) is 11.8. The van der Waals surface area contributed by atoms with Crippen LogP contribution in [0.2, 0.25) is 0 Å². The zero-order valence-corrected chi connectivity index (χ0v) is 26.0. The molecule has 3 fully saturated rings. The third kappa shape index (κ3) is 7.15. The zero-order valence-electron chi connectivity index (χ0n) is 22.0. The van der Waals surface area contributed by atoms with Crippen LogP contribution in [-0.4, -0.2) is 3.21 Å². The van der Waals surface area contributed by atoms with Crippen molar-refractivity contribution in [2.75, 3.05) is 0 Å². The van der Waals surface area contributed by atoms with E-state index in [-0.39, 0.29) is 0 Å². The van der Waals surface area contributed by atoms with Crippen LogP contribution in [0.3, 0.4) is 0 Å². The van der Waals surface area contributed by atoms with Gasteiger partial charge in [0.05, 0.1) is 0 Å². The van der Waals surface area contributed by atoms with Gasteiger partial charge in [0.2, 0.25) is 0 Å². The molecule has 0 N–H and O–H groups in total. The van der Waals surface area contributed by atoms with E-state index in [1.54, 1.807) is 11.1 Å². The van der Waals surface area contributed by atoms with Crippen molar-refractivity contribution in [3.63, 3.8) is 0 Å². The Labute approximate surface area is 238 Å². The third-order valence-corrected chi connectivity index (χ3v) is 14.4. The Morgan fingerprint density at radius 3 is 1.41 bits per heavy atom. The number of fused-ring (bicyclic) bond motifs is 2. The summed E-state index contributed by atoms with van der Waals surface area (Å²) in [5.41, 5.74) is 3.19. The van der Waals surface area contributed by atoms with E-state index >= 15 is 0 Å². The summed E-state index contributed by atoms with van der Waals surface area (Å²) in [5.74, 6) is 1.68. The van der Waals surface area contributed by atoms with Crippen molar-refractivity contribution in [2.24, 2.45) is 0 Å². The van der Waals surface area contributed by atoms with Gasteiger partial charge in [-0.1, -0.05) is 75.3 Å². The first-order chi connectivity index (χ1) is 18.2. The number of hydrogen-bond donors (Lipinski definition) is 0. The van der Waals surface area contributed by atoms with Gasteiger partial charge >= 0.3 is 71.2 Å². The third-order valence-electron chi connectivity index (χ3n) is 8.74. The van der Waals surface area contributed by atoms with Crippen molar-refractivity contribution in [3.05, 3.63) is 83.9 Å². The predicted molar refractivity (Wildman–Crippen MR) is 161 cm³/mol. The van der Waals surface area contributed by atoms with Crippen molar-refractivity contribution < 1.29 is 18.9 Å². The average molecular weight is 611 g/mol. The molecule has 0 aromatic heterocycles. The van der Waals surface area contributed by atoms with E-state index in [4.69, 9.17) is 17.0 Å². The van der Waals surface area contributed by atoms with Gasteiger partial charge in [0.15, 0.2) is 0 Å². The molecule has 3 heteroatoms. The van der Waals surface area contributed by atoms with Crippen LogP contribution in [0.25, 0.3) is 21.5 Å². The molecule has 4 aromatic rings. The summed E-state index contributed by atoms with van der Waals surface area (Å²) >= 11 is -1.88. The van der Waals surface area contributed by atoms with E-state index < -0.39 is 18.9 Å². The van der Waals surface area contributed by atoms with E-state index in [1.165, 1.54) is 108 Å². The quantitative estimate of drug-likeness (QED) is 0.198. The van der Waals surface area contributed by atoms with E-state index in [0.717, 1.165) is 11.8 Å². The Morgan fingerprint density at radius 1 is 0.568 bits per heavy atom. The maximum Gasteiger partial charge on any atom is -0.0535 e. The number of rotatable bonds is 2. The van der Waals surface area contributed by atoms with Gasteiger partial charge in [-0.05, 0) is 0 Å². The topological polar surface area (TPSA) is 0 Å². The number of hydrogen-bond acceptors (Lipinski definition) is 0. The first-order valence-corrected chi connectivity index (χ1v) is 22.1. The fourth-order valence-electron chi connectivity index (χ4n) is 6.70. The van der Waals surface area contributed by atoms with Crippen LogP contribution in [0.4, 0.5) is 0 Å². The van der Waals surface area contributed by atoms with Crippen molar-refractivity contribution in [3.8, 4) is 0 Å². The second kappa shape index (κ2) is 13.9. The molecule has 0 aliphatic heterocycles. The van der Waals surface area contributed by atoms with Crippen molar-refractivity contribution in [2.45, 2.75) is 95.3 Å². The minimum atomic E-state index is -1.88. The molecule has 0 atom stereocenters. The molecule has 3 saturated carbocycles. The Balaban J connectivity index is 0.000000117. The van der Waals surface area contributed by atoms with Gasteiger partial charge in [0, 0.05) is 0 Å². The normalized spacial score (nSPS) is 18.5. The molecule has 3 aliphatic rings. The zero-order chi connectivity index (χ0) is 25.5. The predicted octanol–water partition coefficient (Wildman–Crippen LogP) is 11.5. The Bertz CT molecular complexity index is 1200. The van der Waals surface area contributed by atoms with Crippen LogP contribution < -0.4 is 0 Å². The van der Waals surface area contributed by atoms with Gasteiger partial charge in [0.1, 0.15) is 0 Å². The van der Waals surface area contributed by atoms with Crippen LogP contribution in [-0.2, 0) is 18.9 Å². The first-order valence-electron chi connectivity index (χ1n) is 14.5. The number of benzene rings is 2. The smallest absolute Gasteiger partial charge is 0.0535 e. The van der Waals surface area contributed by atoms with Crippen LogP contribution >= 0.6 is 17.0 Å². The van der Waals surface area contributed by atoms with Gasteiger partial charge in [-0.2, -0.15) is 11.1 Å². The minimum Gasteiger partial charge on any atom is -0.150 e. The maximum atomic E-state index is 5.88. The second-order valence-corrected chi connectivity index (χ2v) is 19.8. The Kier molecular flexibility index (Phi) is 10.3. The first kappa shape index (κ1) is 27.6. The van der Waals surface area contributed by atoms with E-state index in [9.17, 15) is 0 Å². The van der Waals surface area contributed by atoms with Gasteiger partial charge in [-0.15, -0.1) is 82.2 Å².